The number of carbonyl (C=O) groups is 1. The van der Waals surface area contributed by atoms with Gasteiger partial charge in [0.15, 0.2) is 5.60 Å². The van der Waals surface area contributed by atoms with Crippen molar-refractivity contribution in [2.45, 2.75) is 5.60 Å². The van der Waals surface area contributed by atoms with Crippen LogP contribution in [-0.2, 0) is 10.3 Å². The van der Waals surface area contributed by atoms with Crippen LogP contribution in [0.15, 0.2) is 60.7 Å². The standard InChI is InChI=1S/C20H12O5.BH3O3/c21-11-5-7-15-17(9-11)24-18-10-12(22)6-8-16(18)20(15)14-4-2-1-3-13(14)19(23)25-20;2-1(3)4/h1-10,21-22H;2-4H. The number of hydrogen-bond acceptors (Lipinski definition) is 8. The van der Waals surface area contributed by atoms with Gasteiger partial charge in [0.05, 0.1) is 5.56 Å². The minimum atomic E-state index is -2.17. The van der Waals surface area contributed by atoms with Crippen LogP contribution >= 0.6 is 0 Å². The molecule has 0 aromatic heterocycles. The summed E-state index contributed by atoms with van der Waals surface area (Å²) >= 11 is 0. The summed E-state index contributed by atoms with van der Waals surface area (Å²) in [7, 11) is -2.17. The second kappa shape index (κ2) is 6.82. The molecule has 0 saturated carbocycles. The average molecular weight is 394 g/mol. The number of phenolic OH excluding ortho intramolecular Hbond substituents is 2. The fourth-order valence-electron chi connectivity index (χ4n) is 3.65. The van der Waals surface area contributed by atoms with Gasteiger partial charge in [-0.1, -0.05) is 18.2 Å². The molecule has 29 heavy (non-hydrogen) atoms. The van der Waals surface area contributed by atoms with E-state index >= 15 is 0 Å². The minimum Gasteiger partial charge on any atom is -0.508 e. The van der Waals surface area contributed by atoms with Gasteiger partial charge < -0.3 is 34.8 Å². The fourth-order valence-corrected chi connectivity index (χ4v) is 3.65. The highest BCUT2D eigenvalue weighted by atomic mass is 16.6. The lowest BCUT2D eigenvalue weighted by atomic mass is 9.77. The first-order chi connectivity index (χ1) is 13.8. The number of aromatic hydroxyl groups is 2. The molecule has 3 aromatic carbocycles. The van der Waals surface area contributed by atoms with Crippen molar-refractivity contribution in [3.8, 4) is 23.0 Å². The SMILES string of the molecule is O=C1OC2(c3ccc(O)cc3Oc3cc(O)ccc32)c2ccccc21.OB(O)O. The van der Waals surface area contributed by atoms with Gasteiger partial charge >= 0.3 is 13.3 Å². The number of phenols is 2. The van der Waals surface area contributed by atoms with Gasteiger partial charge in [0.1, 0.15) is 23.0 Å². The molecule has 5 N–H and O–H groups in total. The van der Waals surface area contributed by atoms with Crippen LogP contribution in [0.3, 0.4) is 0 Å². The predicted octanol–water partition coefficient (Wildman–Crippen LogP) is 1.61. The molecule has 5 rings (SSSR count). The zero-order valence-corrected chi connectivity index (χ0v) is 14.8. The van der Waals surface area contributed by atoms with Crippen molar-refractivity contribution in [3.05, 3.63) is 82.9 Å². The Kier molecular flexibility index (Phi) is 4.43. The minimum absolute atomic E-state index is 0.0371. The highest BCUT2D eigenvalue weighted by Crippen LogP contribution is 2.56. The number of rotatable bonds is 0. The van der Waals surface area contributed by atoms with Crippen LogP contribution in [0.1, 0.15) is 27.0 Å². The summed E-state index contributed by atoms with van der Waals surface area (Å²) in [5, 5.41) is 41.2. The lowest BCUT2D eigenvalue weighted by Crippen LogP contribution is -2.32. The van der Waals surface area contributed by atoms with Crippen molar-refractivity contribution in [1.82, 2.24) is 0 Å². The van der Waals surface area contributed by atoms with Gasteiger partial charge in [0, 0.05) is 28.8 Å². The molecular weight excluding hydrogens is 379 g/mol. The van der Waals surface area contributed by atoms with Crippen LogP contribution in [0, 0.1) is 0 Å². The lowest BCUT2D eigenvalue weighted by Gasteiger charge is -2.36. The molecule has 1 spiro atoms. The van der Waals surface area contributed by atoms with E-state index in [4.69, 9.17) is 24.5 Å². The highest BCUT2D eigenvalue weighted by molar-refractivity contribution is 6.30. The quantitative estimate of drug-likeness (QED) is 0.287. The van der Waals surface area contributed by atoms with E-state index < -0.39 is 18.9 Å². The molecule has 9 heteroatoms. The van der Waals surface area contributed by atoms with Crippen molar-refractivity contribution < 1.29 is 39.6 Å². The van der Waals surface area contributed by atoms with Gasteiger partial charge in [0.25, 0.3) is 0 Å². The van der Waals surface area contributed by atoms with E-state index in [2.05, 4.69) is 0 Å². The monoisotopic (exact) mass is 394 g/mol. The second-order valence-electron chi connectivity index (χ2n) is 6.43. The topological polar surface area (TPSA) is 137 Å². The maximum Gasteiger partial charge on any atom is 0.631 e. The van der Waals surface area contributed by atoms with Crippen LogP contribution < -0.4 is 4.74 Å². The molecule has 3 aromatic rings. The van der Waals surface area contributed by atoms with Gasteiger partial charge in [-0.3, -0.25) is 0 Å². The van der Waals surface area contributed by atoms with Crippen molar-refractivity contribution in [2.75, 3.05) is 0 Å². The third-order valence-electron chi connectivity index (χ3n) is 4.68. The number of esters is 1. The number of carbonyl (C=O) groups excluding carboxylic acids is 1. The van der Waals surface area contributed by atoms with Crippen LogP contribution in [0.25, 0.3) is 0 Å². The summed E-state index contributed by atoms with van der Waals surface area (Å²) in [6.07, 6.45) is 0. The first kappa shape index (κ1) is 18.8. The van der Waals surface area contributed by atoms with Crippen molar-refractivity contribution in [2.24, 2.45) is 0 Å². The zero-order chi connectivity index (χ0) is 20.8. The number of ether oxygens (including phenoxy) is 2. The van der Waals surface area contributed by atoms with Crippen molar-refractivity contribution >= 4 is 13.3 Å². The number of hydrogen-bond donors (Lipinski definition) is 5. The van der Waals surface area contributed by atoms with E-state index in [1.807, 2.05) is 12.1 Å². The smallest absolute Gasteiger partial charge is 0.508 e. The number of benzene rings is 3. The van der Waals surface area contributed by atoms with E-state index in [-0.39, 0.29) is 11.5 Å². The fraction of sp³-hybridized carbons (Fsp3) is 0.0500. The molecule has 0 radical (unpaired) electrons. The number of fused-ring (bicyclic) bond motifs is 6. The normalized spacial score (nSPS) is 14.5. The summed E-state index contributed by atoms with van der Waals surface area (Å²) in [6, 6.07) is 16.6. The summed E-state index contributed by atoms with van der Waals surface area (Å²) in [6.45, 7) is 0. The molecule has 0 unspecified atom stereocenters. The average Bonchev–Trinajstić information content (AvgIpc) is 2.95. The van der Waals surface area contributed by atoms with E-state index in [0.29, 0.717) is 33.8 Å². The highest BCUT2D eigenvalue weighted by Gasteiger charge is 2.53. The summed E-state index contributed by atoms with van der Waals surface area (Å²) < 4.78 is 11.8. The predicted molar refractivity (Wildman–Crippen MR) is 100 cm³/mol. The van der Waals surface area contributed by atoms with Crippen molar-refractivity contribution in [3.63, 3.8) is 0 Å². The molecule has 2 aliphatic heterocycles. The molecule has 0 fully saturated rings. The Morgan fingerprint density at radius 1 is 0.759 bits per heavy atom. The molecule has 8 nitrogen and oxygen atoms in total. The van der Waals surface area contributed by atoms with E-state index in [0.717, 1.165) is 0 Å². The van der Waals surface area contributed by atoms with Gasteiger partial charge in [0.2, 0.25) is 0 Å². The first-order valence-electron chi connectivity index (χ1n) is 8.55. The van der Waals surface area contributed by atoms with Crippen LogP contribution in [0.4, 0.5) is 0 Å². The van der Waals surface area contributed by atoms with Gasteiger partial charge in [-0.05, 0) is 30.3 Å². The molecule has 0 atom stereocenters. The van der Waals surface area contributed by atoms with Gasteiger partial charge in [-0.2, -0.15) is 0 Å². The van der Waals surface area contributed by atoms with Gasteiger partial charge in [-0.25, -0.2) is 4.79 Å². The molecule has 0 amide bonds. The Hall–Kier alpha value is -3.53. The largest absolute Gasteiger partial charge is 0.631 e. The van der Waals surface area contributed by atoms with Crippen molar-refractivity contribution in [1.29, 1.82) is 0 Å². The molecule has 0 bridgehead atoms. The van der Waals surface area contributed by atoms with E-state index in [1.54, 1.807) is 24.3 Å². The van der Waals surface area contributed by atoms with Crippen LogP contribution in [0.2, 0.25) is 0 Å². The Morgan fingerprint density at radius 3 is 1.83 bits per heavy atom. The lowest BCUT2D eigenvalue weighted by molar-refractivity contribution is 0.0224. The molecule has 0 saturated heterocycles. The Bertz CT molecular complexity index is 1060. The Balaban J connectivity index is 0.000000472. The van der Waals surface area contributed by atoms with Gasteiger partial charge in [-0.15, -0.1) is 0 Å². The molecule has 2 heterocycles. The third kappa shape index (κ3) is 2.97. The first-order valence-corrected chi connectivity index (χ1v) is 8.55. The third-order valence-corrected chi connectivity index (χ3v) is 4.68. The molecule has 2 aliphatic rings. The van der Waals surface area contributed by atoms with Crippen LogP contribution in [0.5, 0.6) is 23.0 Å². The summed E-state index contributed by atoms with van der Waals surface area (Å²) in [4.78, 5) is 12.5. The molecular formula is C20H15BO8. The van der Waals surface area contributed by atoms with Crippen LogP contribution in [-0.4, -0.2) is 38.6 Å². The second-order valence-corrected chi connectivity index (χ2v) is 6.43. The van der Waals surface area contributed by atoms with E-state index in [1.165, 1.54) is 24.3 Å². The molecule has 0 aliphatic carbocycles. The Labute approximate surface area is 165 Å². The zero-order valence-electron chi connectivity index (χ0n) is 14.8. The molecule has 146 valence electrons. The maximum absolute atomic E-state index is 12.5. The summed E-state index contributed by atoms with van der Waals surface area (Å²) in [5.41, 5.74) is 1.28. The van der Waals surface area contributed by atoms with E-state index in [9.17, 15) is 15.0 Å². The summed E-state index contributed by atoms with van der Waals surface area (Å²) in [5.74, 6) is 0.408. The maximum atomic E-state index is 12.5. The Morgan fingerprint density at radius 2 is 1.28 bits per heavy atom.